The highest BCUT2D eigenvalue weighted by Crippen LogP contribution is 2.21. The molecule has 0 saturated carbocycles. The van der Waals surface area contributed by atoms with Crippen LogP contribution in [0.15, 0.2) is 59.4 Å². The first-order valence-electron chi connectivity index (χ1n) is 10.2. The molecule has 0 spiro atoms. The summed E-state index contributed by atoms with van der Waals surface area (Å²) >= 11 is 0. The van der Waals surface area contributed by atoms with Gasteiger partial charge in [-0.05, 0) is 49.2 Å². The van der Waals surface area contributed by atoms with E-state index in [0.29, 0.717) is 23.9 Å². The van der Waals surface area contributed by atoms with E-state index in [1.165, 1.54) is 10.6 Å². The van der Waals surface area contributed by atoms with E-state index in [-0.39, 0.29) is 23.3 Å². The Morgan fingerprint density at radius 3 is 2.61 bits per heavy atom. The Kier molecular flexibility index (Phi) is 5.79. The monoisotopic (exact) mass is 417 g/mol. The molecule has 4 rings (SSSR count). The highest BCUT2D eigenvalue weighted by Gasteiger charge is 2.21. The number of nitrogens with one attached hydrogen (secondary N) is 2. The molecule has 0 bridgehead atoms. The highest BCUT2D eigenvalue weighted by molar-refractivity contribution is 5.95. The summed E-state index contributed by atoms with van der Waals surface area (Å²) in [5.41, 5.74) is 7.37. The summed E-state index contributed by atoms with van der Waals surface area (Å²) in [6.07, 6.45) is 4.53. The van der Waals surface area contributed by atoms with Gasteiger partial charge in [0.25, 0.3) is 11.5 Å². The molecule has 2 aromatic carbocycles. The fourth-order valence-corrected chi connectivity index (χ4v) is 3.57. The van der Waals surface area contributed by atoms with Gasteiger partial charge in [0.2, 0.25) is 11.9 Å². The van der Waals surface area contributed by atoms with Gasteiger partial charge in [-0.2, -0.15) is 0 Å². The smallest absolute Gasteiger partial charge is 0.262 e. The van der Waals surface area contributed by atoms with Gasteiger partial charge in [-0.1, -0.05) is 24.3 Å². The van der Waals surface area contributed by atoms with Gasteiger partial charge in [-0.25, -0.2) is 4.98 Å². The zero-order valence-electron chi connectivity index (χ0n) is 17.2. The van der Waals surface area contributed by atoms with E-state index in [0.717, 1.165) is 24.2 Å². The molecule has 8 heteroatoms. The molecule has 158 valence electrons. The van der Waals surface area contributed by atoms with Crippen LogP contribution in [-0.4, -0.2) is 27.9 Å². The highest BCUT2D eigenvalue weighted by atomic mass is 16.2. The number of carbonyl (C=O) groups is 2. The van der Waals surface area contributed by atoms with E-state index < -0.39 is 0 Å². The van der Waals surface area contributed by atoms with Crippen molar-refractivity contribution in [3.8, 4) is 0 Å². The van der Waals surface area contributed by atoms with Gasteiger partial charge in [0, 0.05) is 31.3 Å². The lowest BCUT2D eigenvalue weighted by Crippen LogP contribution is -2.33. The number of benzene rings is 2. The zero-order valence-corrected chi connectivity index (χ0v) is 17.2. The Morgan fingerprint density at radius 2 is 1.90 bits per heavy atom. The number of anilines is 2. The molecule has 8 nitrogen and oxygen atoms in total. The van der Waals surface area contributed by atoms with Crippen LogP contribution >= 0.6 is 0 Å². The molecule has 2 N–H and O–H groups in total. The summed E-state index contributed by atoms with van der Waals surface area (Å²) in [7, 11) is 0. The standard InChI is InChI=1S/C23H23N5O3/c1-2-27-22(31)18-6-3-4-7-19(18)24-23(27)26-25-20(29)14-11-16-9-12-17(13-10-16)28-15-5-8-21(28)30/h3-4,6-7,9-14H,2,5,8,15H2,1H3,(H,24,26)(H,25,29)/b14-11+. The van der Waals surface area contributed by atoms with E-state index in [1.54, 1.807) is 35.2 Å². The molecule has 2 heterocycles. The predicted octanol–water partition coefficient (Wildman–Crippen LogP) is 2.70. The Labute approximate surface area is 179 Å². The summed E-state index contributed by atoms with van der Waals surface area (Å²) in [4.78, 5) is 42.9. The number of rotatable bonds is 6. The van der Waals surface area contributed by atoms with Crippen molar-refractivity contribution in [2.24, 2.45) is 0 Å². The van der Waals surface area contributed by atoms with E-state index in [9.17, 15) is 14.4 Å². The molecule has 0 unspecified atom stereocenters. The van der Waals surface area contributed by atoms with Crippen LogP contribution in [0.2, 0.25) is 0 Å². The topological polar surface area (TPSA) is 96.3 Å². The van der Waals surface area contributed by atoms with E-state index >= 15 is 0 Å². The van der Waals surface area contributed by atoms with Crippen LogP contribution in [0.3, 0.4) is 0 Å². The molecular formula is C23H23N5O3. The number of carbonyl (C=O) groups excluding carboxylic acids is 2. The molecule has 1 aromatic heterocycles. The van der Waals surface area contributed by atoms with Gasteiger partial charge >= 0.3 is 0 Å². The SMILES string of the molecule is CCn1c(NNC(=O)/C=C/c2ccc(N3CCCC3=O)cc2)nc2ccccc2c1=O. The molecule has 3 aromatic rings. The van der Waals surface area contributed by atoms with Gasteiger partial charge in [-0.3, -0.25) is 29.8 Å². The van der Waals surface area contributed by atoms with E-state index in [2.05, 4.69) is 15.8 Å². The van der Waals surface area contributed by atoms with Crippen LogP contribution in [0, 0.1) is 0 Å². The van der Waals surface area contributed by atoms with E-state index in [4.69, 9.17) is 0 Å². The van der Waals surface area contributed by atoms with Gasteiger partial charge in [0.05, 0.1) is 10.9 Å². The third-order valence-corrected chi connectivity index (χ3v) is 5.18. The second-order valence-electron chi connectivity index (χ2n) is 7.19. The molecule has 0 radical (unpaired) electrons. The van der Waals surface area contributed by atoms with E-state index in [1.807, 2.05) is 31.2 Å². The number of hydrogen-bond donors (Lipinski definition) is 2. The van der Waals surface area contributed by atoms with Crippen molar-refractivity contribution in [1.29, 1.82) is 0 Å². The number of nitrogens with zero attached hydrogens (tertiary/aromatic N) is 3. The van der Waals surface area contributed by atoms with Gasteiger partial charge in [0.15, 0.2) is 0 Å². The Balaban J connectivity index is 1.42. The molecule has 1 aliphatic rings. The lowest BCUT2D eigenvalue weighted by Gasteiger charge is -2.15. The first-order chi connectivity index (χ1) is 15.1. The number of hydrogen-bond acceptors (Lipinski definition) is 5. The fraction of sp³-hybridized carbons (Fsp3) is 0.217. The van der Waals surface area contributed by atoms with Crippen LogP contribution in [0.1, 0.15) is 25.3 Å². The lowest BCUT2D eigenvalue weighted by atomic mass is 10.2. The summed E-state index contributed by atoms with van der Waals surface area (Å²) < 4.78 is 1.46. The van der Waals surface area contributed by atoms with Crippen molar-refractivity contribution in [3.63, 3.8) is 0 Å². The predicted molar refractivity (Wildman–Crippen MR) is 121 cm³/mol. The second-order valence-corrected chi connectivity index (χ2v) is 7.19. The normalized spacial score (nSPS) is 13.8. The first-order valence-corrected chi connectivity index (χ1v) is 10.2. The molecule has 0 atom stereocenters. The van der Waals surface area contributed by atoms with Crippen molar-refractivity contribution < 1.29 is 9.59 Å². The first kappa shape index (κ1) is 20.3. The van der Waals surface area contributed by atoms with Crippen LogP contribution in [0.25, 0.3) is 17.0 Å². The van der Waals surface area contributed by atoms with Crippen molar-refractivity contribution >= 4 is 40.4 Å². The summed E-state index contributed by atoms with van der Waals surface area (Å²) in [5, 5.41) is 0.528. The number of amides is 2. The maximum atomic E-state index is 12.6. The average Bonchev–Trinajstić information content (AvgIpc) is 3.22. The second kappa shape index (κ2) is 8.83. The molecule has 1 fully saturated rings. The Morgan fingerprint density at radius 1 is 1.13 bits per heavy atom. The number of fused-ring (bicyclic) bond motifs is 1. The molecule has 2 amide bonds. The van der Waals surface area contributed by atoms with Crippen molar-refractivity contribution in [2.45, 2.75) is 26.3 Å². The van der Waals surface area contributed by atoms with Gasteiger partial charge < -0.3 is 4.90 Å². The third kappa shape index (κ3) is 4.32. The molecule has 31 heavy (non-hydrogen) atoms. The van der Waals surface area contributed by atoms with Crippen LogP contribution in [-0.2, 0) is 16.1 Å². The minimum Gasteiger partial charge on any atom is -0.312 e. The van der Waals surface area contributed by atoms with Crippen LogP contribution in [0.5, 0.6) is 0 Å². The zero-order chi connectivity index (χ0) is 21.8. The summed E-state index contributed by atoms with van der Waals surface area (Å²) in [5.74, 6) is 0.0260. The quantitative estimate of drug-likeness (QED) is 0.475. The molecule has 1 saturated heterocycles. The largest absolute Gasteiger partial charge is 0.312 e. The van der Waals surface area contributed by atoms with Crippen molar-refractivity contribution in [1.82, 2.24) is 15.0 Å². The Bertz CT molecular complexity index is 1210. The van der Waals surface area contributed by atoms with Crippen molar-refractivity contribution in [2.75, 3.05) is 16.9 Å². The van der Waals surface area contributed by atoms with Crippen LogP contribution < -0.4 is 21.3 Å². The number of aromatic nitrogens is 2. The third-order valence-electron chi connectivity index (χ3n) is 5.18. The average molecular weight is 417 g/mol. The Hall–Kier alpha value is -3.94. The molecule has 0 aliphatic carbocycles. The minimum absolute atomic E-state index is 0.140. The van der Waals surface area contributed by atoms with Gasteiger partial charge in [0.1, 0.15) is 0 Å². The number of para-hydroxylation sites is 1. The minimum atomic E-state index is -0.385. The number of hydrazine groups is 1. The molecular weight excluding hydrogens is 394 g/mol. The fourth-order valence-electron chi connectivity index (χ4n) is 3.57. The maximum absolute atomic E-state index is 12.6. The van der Waals surface area contributed by atoms with Gasteiger partial charge in [-0.15, -0.1) is 0 Å². The maximum Gasteiger partial charge on any atom is 0.262 e. The summed E-state index contributed by atoms with van der Waals surface area (Å²) in [6, 6.07) is 14.5. The van der Waals surface area contributed by atoms with Crippen LogP contribution in [0.4, 0.5) is 11.6 Å². The molecule has 1 aliphatic heterocycles. The lowest BCUT2D eigenvalue weighted by molar-refractivity contribution is -0.117. The summed E-state index contributed by atoms with van der Waals surface area (Å²) in [6.45, 7) is 2.99. The van der Waals surface area contributed by atoms with Crippen molar-refractivity contribution in [3.05, 3.63) is 70.5 Å².